The van der Waals surface area contributed by atoms with E-state index < -0.39 is 5.97 Å². The molecule has 5 rings (SSSR count). The maximum atomic E-state index is 11.6. The van der Waals surface area contributed by atoms with Crippen LogP contribution >= 0.6 is 0 Å². The van der Waals surface area contributed by atoms with Crippen LogP contribution < -0.4 is 14.8 Å². The Bertz CT molecular complexity index is 1330. The minimum atomic E-state index is -0.848. The number of anilines is 1. The number of aromatic nitrogens is 2. The summed E-state index contributed by atoms with van der Waals surface area (Å²) in [4.78, 5) is 16.4. The summed E-state index contributed by atoms with van der Waals surface area (Å²) in [6.45, 7) is 1.55. The standard InChI is InChI=1S/C28H29N3O4/c1-34-22-7-4-19(5-8-22)27(18-28(32)33)31-15-12-20-17-23(9-11-26(20)31)35-16-13-21-6-10-24-25(30-21)3-2-14-29-24/h4-12,15,17,27,29H,2-3,13-14,16,18H2,1H3,(H,32,33). The zero-order valence-electron chi connectivity index (χ0n) is 19.7. The van der Waals surface area contributed by atoms with Gasteiger partial charge < -0.3 is 24.5 Å². The van der Waals surface area contributed by atoms with Gasteiger partial charge in [0.15, 0.2) is 0 Å². The normalized spacial score (nSPS) is 13.6. The van der Waals surface area contributed by atoms with Crippen LogP contribution in [0.25, 0.3) is 10.9 Å². The van der Waals surface area contributed by atoms with Gasteiger partial charge in [0.05, 0.1) is 37.6 Å². The van der Waals surface area contributed by atoms with Crippen LogP contribution in [0.4, 0.5) is 5.69 Å². The average Bonchev–Trinajstić information content (AvgIpc) is 3.30. The highest BCUT2D eigenvalue weighted by atomic mass is 16.5. The molecule has 0 spiro atoms. The lowest BCUT2D eigenvalue weighted by Gasteiger charge is -2.19. The lowest BCUT2D eigenvalue weighted by Crippen LogP contribution is -2.14. The van der Waals surface area contributed by atoms with Crippen LogP contribution in [-0.2, 0) is 17.6 Å². The number of nitrogens with zero attached hydrogens (tertiary/aromatic N) is 2. The number of aryl methyl sites for hydroxylation is 1. The molecule has 3 heterocycles. The molecule has 0 fully saturated rings. The van der Waals surface area contributed by atoms with E-state index in [4.69, 9.17) is 14.5 Å². The molecule has 1 aliphatic heterocycles. The monoisotopic (exact) mass is 471 g/mol. The molecule has 7 heteroatoms. The molecule has 1 unspecified atom stereocenters. The number of hydrogen-bond donors (Lipinski definition) is 2. The fraction of sp³-hybridized carbons (Fsp3) is 0.286. The van der Waals surface area contributed by atoms with Crippen molar-refractivity contribution in [2.24, 2.45) is 0 Å². The Hall–Kier alpha value is -4.00. The highest BCUT2D eigenvalue weighted by Gasteiger charge is 2.19. The quantitative estimate of drug-likeness (QED) is 0.354. The number of hydrogen-bond acceptors (Lipinski definition) is 5. The molecule has 180 valence electrons. The van der Waals surface area contributed by atoms with Crippen molar-refractivity contribution in [2.75, 3.05) is 25.6 Å². The molecule has 0 amide bonds. The third kappa shape index (κ3) is 5.09. The molecule has 1 atom stereocenters. The van der Waals surface area contributed by atoms with Crippen molar-refractivity contribution in [1.29, 1.82) is 0 Å². The second-order valence-corrected chi connectivity index (χ2v) is 8.76. The molecule has 0 saturated carbocycles. The highest BCUT2D eigenvalue weighted by Crippen LogP contribution is 2.31. The molecule has 2 aromatic carbocycles. The molecule has 1 aliphatic rings. The minimum absolute atomic E-state index is 0.0162. The van der Waals surface area contributed by atoms with Gasteiger partial charge in [0, 0.05) is 35.8 Å². The van der Waals surface area contributed by atoms with Crippen molar-refractivity contribution in [3.63, 3.8) is 0 Å². The molecule has 0 bridgehead atoms. The van der Waals surface area contributed by atoms with Crippen molar-refractivity contribution in [3.05, 3.63) is 83.8 Å². The van der Waals surface area contributed by atoms with Crippen molar-refractivity contribution >= 4 is 22.6 Å². The van der Waals surface area contributed by atoms with Crippen LogP contribution in [0.5, 0.6) is 11.5 Å². The van der Waals surface area contributed by atoms with Crippen molar-refractivity contribution in [1.82, 2.24) is 9.55 Å². The first-order valence-corrected chi connectivity index (χ1v) is 11.9. The van der Waals surface area contributed by atoms with Crippen molar-refractivity contribution < 1.29 is 19.4 Å². The van der Waals surface area contributed by atoms with E-state index in [9.17, 15) is 9.90 Å². The molecule has 2 aromatic heterocycles. The van der Waals surface area contributed by atoms with Gasteiger partial charge in [-0.25, -0.2) is 0 Å². The van der Waals surface area contributed by atoms with E-state index in [1.54, 1.807) is 7.11 Å². The Balaban J connectivity index is 1.30. The summed E-state index contributed by atoms with van der Waals surface area (Å²) >= 11 is 0. The third-order valence-corrected chi connectivity index (χ3v) is 6.46. The molecule has 0 aliphatic carbocycles. The molecule has 2 N–H and O–H groups in total. The Kier molecular flexibility index (Phi) is 6.57. The lowest BCUT2D eigenvalue weighted by atomic mass is 10.0. The fourth-order valence-corrected chi connectivity index (χ4v) is 4.66. The number of pyridine rings is 1. The zero-order valence-corrected chi connectivity index (χ0v) is 19.7. The average molecular weight is 472 g/mol. The molecular formula is C28H29N3O4. The van der Waals surface area contributed by atoms with Gasteiger partial charge in [-0.05, 0) is 66.9 Å². The van der Waals surface area contributed by atoms with Crippen LogP contribution in [0, 0.1) is 0 Å². The number of carboxylic acids is 1. The second-order valence-electron chi connectivity index (χ2n) is 8.76. The van der Waals surface area contributed by atoms with E-state index in [0.717, 1.165) is 70.8 Å². The van der Waals surface area contributed by atoms with Crippen LogP contribution in [0.2, 0.25) is 0 Å². The predicted octanol–water partition coefficient (Wildman–Crippen LogP) is 5.09. The SMILES string of the molecule is COc1ccc(C(CC(=O)O)n2ccc3cc(OCCc4ccc5c(n4)CCCN5)ccc32)cc1. The summed E-state index contributed by atoms with van der Waals surface area (Å²) in [6, 6.07) is 19.3. The van der Waals surface area contributed by atoms with Crippen LogP contribution in [0.3, 0.4) is 0 Å². The zero-order chi connectivity index (χ0) is 24.2. The molecular weight excluding hydrogens is 442 g/mol. The summed E-state index contributed by atoms with van der Waals surface area (Å²) in [5, 5.41) is 13.9. The number of nitrogens with one attached hydrogen (secondary N) is 1. The second kappa shape index (κ2) is 10.1. The number of fused-ring (bicyclic) bond motifs is 2. The van der Waals surface area contributed by atoms with Crippen LogP contribution in [0.15, 0.2) is 66.9 Å². The minimum Gasteiger partial charge on any atom is -0.497 e. The van der Waals surface area contributed by atoms with Gasteiger partial charge in [0.25, 0.3) is 0 Å². The first-order chi connectivity index (χ1) is 17.1. The first kappa shape index (κ1) is 22.8. The number of methoxy groups -OCH3 is 1. The smallest absolute Gasteiger partial charge is 0.305 e. The van der Waals surface area contributed by atoms with Gasteiger partial charge >= 0.3 is 5.97 Å². The third-order valence-electron chi connectivity index (χ3n) is 6.46. The molecule has 7 nitrogen and oxygen atoms in total. The number of benzene rings is 2. The van der Waals surface area contributed by atoms with Crippen molar-refractivity contribution in [3.8, 4) is 11.5 Å². The first-order valence-electron chi connectivity index (χ1n) is 11.9. The number of ether oxygens (including phenoxy) is 2. The predicted molar refractivity (Wildman–Crippen MR) is 136 cm³/mol. The number of rotatable bonds is 9. The number of carboxylic acid groups (broad SMARTS) is 1. The van der Waals surface area contributed by atoms with Gasteiger partial charge in [0.1, 0.15) is 11.5 Å². The molecule has 35 heavy (non-hydrogen) atoms. The largest absolute Gasteiger partial charge is 0.497 e. The van der Waals surface area contributed by atoms with Crippen molar-refractivity contribution in [2.45, 2.75) is 31.7 Å². The topological polar surface area (TPSA) is 85.6 Å². The molecule has 4 aromatic rings. The summed E-state index contributed by atoms with van der Waals surface area (Å²) in [6.07, 6.45) is 4.80. The van der Waals surface area contributed by atoms with Gasteiger partial charge in [-0.1, -0.05) is 12.1 Å². The Morgan fingerprint density at radius 1 is 1.11 bits per heavy atom. The number of aliphatic carboxylic acids is 1. The van der Waals surface area contributed by atoms with Gasteiger partial charge in [0.2, 0.25) is 0 Å². The maximum Gasteiger partial charge on any atom is 0.305 e. The summed E-state index contributed by atoms with van der Waals surface area (Å²) in [7, 11) is 1.61. The number of carbonyl (C=O) groups is 1. The fourth-order valence-electron chi connectivity index (χ4n) is 4.66. The van der Waals surface area contributed by atoms with E-state index in [-0.39, 0.29) is 12.5 Å². The Labute approximate surface area is 204 Å². The van der Waals surface area contributed by atoms with E-state index in [1.165, 1.54) is 0 Å². The van der Waals surface area contributed by atoms with Gasteiger partial charge in [-0.2, -0.15) is 0 Å². The summed E-state index contributed by atoms with van der Waals surface area (Å²) in [5.41, 5.74) is 5.20. The van der Waals surface area contributed by atoms with Gasteiger partial charge in [-0.3, -0.25) is 9.78 Å². The Morgan fingerprint density at radius 3 is 2.74 bits per heavy atom. The van der Waals surface area contributed by atoms with Crippen LogP contribution in [-0.4, -0.2) is 40.9 Å². The summed E-state index contributed by atoms with van der Waals surface area (Å²) < 4.78 is 13.3. The molecule has 0 saturated heterocycles. The maximum absolute atomic E-state index is 11.6. The van der Waals surface area contributed by atoms with Crippen LogP contribution in [0.1, 0.15) is 35.8 Å². The summed E-state index contributed by atoms with van der Waals surface area (Å²) in [5.74, 6) is 0.678. The van der Waals surface area contributed by atoms with E-state index in [2.05, 4.69) is 17.4 Å². The molecule has 0 radical (unpaired) electrons. The van der Waals surface area contributed by atoms with E-state index in [1.807, 2.05) is 59.3 Å². The highest BCUT2D eigenvalue weighted by molar-refractivity contribution is 5.82. The van der Waals surface area contributed by atoms with E-state index in [0.29, 0.717) is 6.61 Å². The van der Waals surface area contributed by atoms with Gasteiger partial charge in [-0.15, -0.1) is 0 Å². The lowest BCUT2D eigenvalue weighted by molar-refractivity contribution is -0.137. The van der Waals surface area contributed by atoms with E-state index >= 15 is 0 Å². The Morgan fingerprint density at radius 2 is 1.94 bits per heavy atom.